The Morgan fingerprint density at radius 3 is 2.76 bits per heavy atom. The molecule has 0 amide bonds. The maximum atomic E-state index is 9.37. The van der Waals surface area contributed by atoms with Gasteiger partial charge in [0.25, 0.3) is 0 Å². The third-order valence-corrected chi connectivity index (χ3v) is 3.76. The summed E-state index contributed by atoms with van der Waals surface area (Å²) in [5.41, 5.74) is 3.70. The highest BCUT2D eigenvalue weighted by atomic mass is 35.5. The fourth-order valence-electron chi connectivity index (χ4n) is 2.51. The van der Waals surface area contributed by atoms with Crippen LogP contribution < -0.4 is 4.74 Å². The van der Waals surface area contributed by atoms with E-state index in [1.165, 1.54) is 5.56 Å². The molecule has 1 aliphatic heterocycles. The number of hydrogen-bond acceptors (Lipinski definition) is 2. The van der Waals surface area contributed by atoms with Gasteiger partial charge >= 0.3 is 0 Å². The Morgan fingerprint density at radius 1 is 1.29 bits per heavy atom. The van der Waals surface area contributed by atoms with Crippen LogP contribution in [0.2, 0.25) is 5.02 Å². The van der Waals surface area contributed by atoms with Crippen molar-refractivity contribution in [3.8, 4) is 11.8 Å². The molecule has 2 aromatic rings. The Bertz CT molecular complexity index is 741. The number of allylic oxidation sites excluding steroid dienone is 1. The molecule has 3 heteroatoms. The van der Waals surface area contributed by atoms with Crippen LogP contribution in [-0.4, -0.2) is 6.10 Å². The number of ether oxygens (including phenoxy) is 1. The van der Waals surface area contributed by atoms with Gasteiger partial charge in [0.15, 0.2) is 0 Å². The van der Waals surface area contributed by atoms with Crippen LogP contribution >= 0.6 is 11.6 Å². The molecule has 0 bridgehead atoms. The lowest BCUT2D eigenvalue weighted by Crippen LogP contribution is -2.05. The van der Waals surface area contributed by atoms with Crippen LogP contribution in [0.25, 0.3) is 11.6 Å². The smallest absolute Gasteiger partial charge is 0.123 e. The second-order valence-electron chi connectivity index (χ2n) is 5.18. The van der Waals surface area contributed by atoms with Crippen molar-refractivity contribution in [3.05, 3.63) is 64.2 Å². The number of hydrogen-bond donors (Lipinski definition) is 0. The fourth-order valence-corrected chi connectivity index (χ4v) is 2.63. The maximum absolute atomic E-state index is 9.37. The first-order valence-electron chi connectivity index (χ1n) is 6.83. The van der Waals surface area contributed by atoms with Crippen molar-refractivity contribution in [1.29, 1.82) is 5.26 Å². The average Bonchev–Trinajstić information content (AvgIpc) is 2.85. The summed E-state index contributed by atoms with van der Waals surface area (Å²) in [6.07, 6.45) is 3.04. The van der Waals surface area contributed by atoms with E-state index in [1.807, 2.05) is 30.3 Å². The quantitative estimate of drug-likeness (QED) is 0.593. The first-order chi connectivity index (χ1) is 10.2. The van der Waals surface area contributed by atoms with Gasteiger partial charge < -0.3 is 4.74 Å². The van der Waals surface area contributed by atoms with E-state index in [0.717, 1.165) is 23.3 Å². The zero-order chi connectivity index (χ0) is 14.8. The van der Waals surface area contributed by atoms with E-state index in [1.54, 1.807) is 12.1 Å². The molecule has 3 rings (SSSR count). The molecule has 0 fully saturated rings. The highest BCUT2D eigenvalue weighted by Gasteiger charge is 2.18. The summed E-state index contributed by atoms with van der Waals surface area (Å²) in [5, 5.41) is 10.0. The van der Waals surface area contributed by atoms with E-state index in [-0.39, 0.29) is 6.10 Å². The van der Waals surface area contributed by atoms with Crippen LogP contribution in [0.4, 0.5) is 0 Å². The number of halogens is 1. The predicted molar refractivity (Wildman–Crippen MR) is 85.2 cm³/mol. The number of benzene rings is 2. The summed E-state index contributed by atoms with van der Waals surface area (Å²) in [6, 6.07) is 15.6. The minimum absolute atomic E-state index is 0.228. The predicted octanol–water partition coefficient (Wildman–Crippen LogP) is 4.73. The van der Waals surface area contributed by atoms with Crippen molar-refractivity contribution in [3.63, 3.8) is 0 Å². The summed E-state index contributed by atoms with van der Waals surface area (Å²) in [4.78, 5) is 0. The molecule has 104 valence electrons. The van der Waals surface area contributed by atoms with Crippen LogP contribution in [-0.2, 0) is 6.42 Å². The van der Waals surface area contributed by atoms with Gasteiger partial charge in [-0.25, -0.2) is 0 Å². The van der Waals surface area contributed by atoms with Gasteiger partial charge in [-0.3, -0.25) is 0 Å². The number of nitriles is 1. The molecule has 0 radical (unpaired) electrons. The standard InChI is InChI=1S/C18H14ClNO/c1-12-8-15-9-13(2-7-18(15)21-12)10-16(11-20)14-3-5-17(19)6-4-14/h2-7,9-10,12H,8H2,1H3/b16-10+/t12-/m0/s1. The Kier molecular flexibility index (Phi) is 3.68. The number of nitrogens with zero attached hydrogens (tertiary/aromatic N) is 1. The zero-order valence-electron chi connectivity index (χ0n) is 11.6. The lowest BCUT2D eigenvalue weighted by atomic mass is 10.0. The lowest BCUT2D eigenvalue weighted by Gasteiger charge is -2.03. The number of rotatable bonds is 2. The molecule has 2 nitrogen and oxygen atoms in total. The van der Waals surface area contributed by atoms with Crippen LogP contribution in [0.3, 0.4) is 0 Å². The Hall–Kier alpha value is -2.24. The van der Waals surface area contributed by atoms with E-state index in [9.17, 15) is 5.26 Å². The van der Waals surface area contributed by atoms with Crippen molar-refractivity contribution in [2.75, 3.05) is 0 Å². The molecule has 0 aromatic heterocycles. The fraction of sp³-hybridized carbons (Fsp3) is 0.167. The first kappa shape index (κ1) is 13.7. The molecule has 0 saturated carbocycles. The van der Waals surface area contributed by atoms with Gasteiger partial charge in [-0.15, -0.1) is 0 Å². The van der Waals surface area contributed by atoms with Crippen LogP contribution in [0.1, 0.15) is 23.6 Å². The molecule has 0 saturated heterocycles. The van der Waals surface area contributed by atoms with E-state index >= 15 is 0 Å². The second-order valence-corrected chi connectivity index (χ2v) is 5.61. The van der Waals surface area contributed by atoms with Crippen molar-refractivity contribution < 1.29 is 4.74 Å². The monoisotopic (exact) mass is 295 g/mol. The van der Waals surface area contributed by atoms with Gasteiger partial charge in [-0.05, 0) is 54.0 Å². The molecule has 0 unspecified atom stereocenters. The van der Waals surface area contributed by atoms with Crippen molar-refractivity contribution >= 4 is 23.3 Å². The largest absolute Gasteiger partial charge is 0.490 e. The van der Waals surface area contributed by atoms with E-state index in [4.69, 9.17) is 16.3 Å². The van der Waals surface area contributed by atoms with Gasteiger partial charge in [0.1, 0.15) is 11.9 Å². The van der Waals surface area contributed by atoms with Gasteiger partial charge in [0.2, 0.25) is 0 Å². The summed E-state index contributed by atoms with van der Waals surface area (Å²) in [5.74, 6) is 0.949. The molecule has 2 aromatic carbocycles. The SMILES string of the molecule is C[C@H]1Cc2cc(/C=C(\C#N)c3ccc(Cl)cc3)ccc2O1. The Morgan fingerprint density at radius 2 is 2.05 bits per heavy atom. The van der Waals surface area contributed by atoms with Crippen molar-refractivity contribution in [2.24, 2.45) is 0 Å². The highest BCUT2D eigenvalue weighted by Crippen LogP contribution is 2.30. The molecule has 1 aliphatic rings. The van der Waals surface area contributed by atoms with E-state index < -0.39 is 0 Å². The number of fused-ring (bicyclic) bond motifs is 1. The Labute approximate surface area is 129 Å². The summed E-state index contributed by atoms with van der Waals surface area (Å²) in [7, 11) is 0. The minimum atomic E-state index is 0.228. The minimum Gasteiger partial charge on any atom is -0.490 e. The summed E-state index contributed by atoms with van der Waals surface area (Å²) < 4.78 is 5.69. The second kappa shape index (κ2) is 5.63. The van der Waals surface area contributed by atoms with Crippen LogP contribution in [0.15, 0.2) is 42.5 Å². The molecule has 0 N–H and O–H groups in total. The van der Waals surface area contributed by atoms with Crippen molar-refractivity contribution in [2.45, 2.75) is 19.4 Å². The lowest BCUT2D eigenvalue weighted by molar-refractivity contribution is 0.254. The molecule has 1 heterocycles. The van der Waals surface area contributed by atoms with Gasteiger partial charge in [-0.1, -0.05) is 29.8 Å². The topological polar surface area (TPSA) is 33.0 Å². The van der Waals surface area contributed by atoms with Gasteiger partial charge in [-0.2, -0.15) is 5.26 Å². The molecule has 21 heavy (non-hydrogen) atoms. The normalized spacial score (nSPS) is 17.0. The summed E-state index contributed by atoms with van der Waals surface area (Å²) in [6.45, 7) is 2.06. The van der Waals surface area contributed by atoms with Gasteiger partial charge in [0, 0.05) is 11.4 Å². The van der Waals surface area contributed by atoms with E-state index in [2.05, 4.69) is 19.1 Å². The first-order valence-corrected chi connectivity index (χ1v) is 7.21. The maximum Gasteiger partial charge on any atom is 0.123 e. The average molecular weight is 296 g/mol. The third-order valence-electron chi connectivity index (χ3n) is 3.51. The zero-order valence-corrected chi connectivity index (χ0v) is 12.4. The molecular formula is C18H14ClNO. The van der Waals surface area contributed by atoms with Gasteiger partial charge in [0.05, 0.1) is 11.6 Å². The van der Waals surface area contributed by atoms with Crippen LogP contribution in [0.5, 0.6) is 5.75 Å². The molecule has 0 spiro atoms. The Balaban J connectivity index is 1.95. The van der Waals surface area contributed by atoms with Crippen molar-refractivity contribution in [1.82, 2.24) is 0 Å². The summed E-state index contributed by atoms with van der Waals surface area (Å²) >= 11 is 5.88. The van der Waals surface area contributed by atoms with E-state index in [0.29, 0.717) is 10.6 Å². The van der Waals surface area contributed by atoms with Crippen LogP contribution in [0, 0.1) is 11.3 Å². The molecule has 0 aliphatic carbocycles. The highest BCUT2D eigenvalue weighted by molar-refractivity contribution is 6.30. The molecule has 1 atom stereocenters. The molecular weight excluding hydrogens is 282 g/mol. The third kappa shape index (κ3) is 2.94.